The van der Waals surface area contributed by atoms with Gasteiger partial charge in [0.15, 0.2) is 0 Å². The third-order valence-corrected chi connectivity index (χ3v) is 6.58. The minimum absolute atomic E-state index is 0.0280. The summed E-state index contributed by atoms with van der Waals surface area (Å²) in [5, 5.41) is 5.58. The van der Waals surface area contributed by atoms with E-state index in [1.807, 2.05) is 44.2 Å². The zero-order valence-corrected chi connectivity index (χ0v) is 28.1. The van der Waals surface area contributed by atoms with Crippen molar-refractivity contribution in [3.05, 3.63) is 71.3 Å². The van der Waals surface area contributed by atoms with Crippen molar-refractivity contribution < 1.29 is 28.7 Å². The molecule has 9 heteroatoms. The summed E-state index contributed by atoms with van der Waals surface area (Å²) in [5.41, 5.74) is 0.0758. The van der Waals surface area contributed by atoms with Crippen LogP contribution in [0.5, 0.6) is 0 Å². The summed E-state index contributed by atoms with van der Waals surface area (Å²) in [4.78, 5) is 56.2. The van der Waals surface area contributed by atoms with Gasteiger partial charge < -0.3 is 25.0 Å². The molecule has 0 heterocycles. The fraction of sp³-hybridized carbons (Fsp3) is 0.500. The summed E-state index contributed by atoms with van der Waals surface area (Å²) in [6.07, 6.45) is 5.57. The zero-order valence-electron chi connectivity index (χ0n) is 28.1. The number of amides is 3. The standard InChI is InChI=1S/C36H49N3O6/c1-11-26-20-16-17-21-27(26)30(39(12-2)32(41)28(22-24(3)4)38-34(43)45-36(8,9)10)31(40)37-29(33(42)44-35(5,6)7)23-25-18-14-13-15-19-25/h1,13-21,24,28-30H,12,22-23H2,2-10H3,(H,37,40)(H,38,43). The van der Waals surface area contributed by atoms with Crippen molar-refractivity contribution in [3.8, 4) is 12.3 Å². The number of nitrogens with one attached hydrogen (secondary N) is 2. The lowest BCUT2D eigenvalue weighted by molar-refractivity contribution is -0.159. The number of esters is 1. The first-order chi connectivity index (χ1) is 21.0. The number of nitrogens with zero attached hydrogens (tertiary/aromatic N) is 1. The minimum Gasteiger partial charge on any atom is -0.458 e. The lowest BCUT2D eigenvalue weighted by atomic mass is 9.95. The second-order valence-corrected chi connectivity index (χ2v) is 13.4. The molecule has 2 aromatic rings. The first kappa shape index (κ1) is 36.9. The van der Waals surface area contributed by atoms with Gasteiger partial charge >= 0.3 is 12.1 Å². The van der Waals surface area contributed by atoms with Crippen molar-refractivity contribution in [2.24, 2.45) is 5.92 Å². The topological polar surface area (TPSA) is 114 Å². The summed E-state index contributed by atoms with van der Waals surface area (Å²) in [6, 6.07) is 12.9. The lowest BCUT2D eigenvalue weighted by Crippen LogP contribution is -2.55. The molecule has 3 amide bonds. The van der Waals surface area contributed by atoms with Crippen LogP contribution in [0.2, 0.25) is 0 Å². The maximum atomic E-state index is 14.3. The molecule has 0 saturated carbocycles. The third-order valence-electron chi connectivity index (χ3n) is 6.58. The van der Waals surface area contributed by atoms with Gasteiger partial charge in [0, 0.05) is 18.5 Å². The molecule has 0 aromatic heterocycles. The summed E-state index contributed by atoms with van der Waals surface area (Å²) in [6.45, 7) is 16.2. The van der Waals surface area contributed by atoms with Crippen molar-refractivity contribution in [1.82, 2.24) is 15.5 Å². The van der Waals surface area contributed by atoms with Crippen molar-refractivity contribution in [1.29, 1.82) is 0 Å². The fourth-order valence-corrected chi connectivity index (χ4v) is 4.79. The van der Waals surface area contributed by atoms with E-state index in [4.69, 9.17) is 15.9 Å². The molecule has 3 unspecified atom stereocenters. The normalized spacial score (nSPS) is 13.5. The Morgan fingerprint density at radius 1 is 0.844 bits per heavy atom. The molecule has 0 aliphatic rings. The van der Waals surface area contributed by atoms with Gasteiger partial charge in [-0.15, -0.1) is 6.42 Å². The van der Waals surface area contributed by atoms with Crippen LogP contribution in [0.1, 0.15) is 91.5 Å². The molecule has 0 spiro atoms. The largest absolute Gasteiger partial charge is 0.458 e. The van der Waals surface area contributed by atoms with Gasteiger partial charge in [-0.1, -0.05) is 68.3 Å². The number of carbonyl (C=O) groups is 4. The van der Waals surface area contributed by atoms with E-state index >= 15 is 0 Å². The van der Waals surface area contributed by atoms with Gasteiger partial charge in [-0.3, -0.25) is 9.59 Å². The summed E-state index contributed by atoms with van der Waals surface area (Å²) in [7, 11) is 0. The summed E-state index contributed by atoms with van der Waals surface area (Å²) < 4.78 is 11.1. The first-order valence-corrected chi connectivity index (χ1v) is 15.4. The number of hydrogen-bond acceptors (Lipinski definition) is 6. The van der Waals surface area contributed by atoms with Crippen LogP contribution < -0.4 is 10.6 Å². The quantitative estimate of drug-likeness (QED) is 0.237. The SMILES string of the molecule is C#Cc1ccccc1C(C(=O)NC(Cc1ccccc1)C(=O)OC(C)(C)C)N(CC)C(=O)C(CC(C)C)NC(=O)OC(C)(C)C. The van der Waals surface area contributed by atoms with E-state index < -0.39 is 53.2 Å². The van der Waals surface area contributed by atoms with E-state index in [0.717, 1.165) is 5.56 Å². The van der Waals surface area contributed by atoms with Gasteiger partial charge in [0.2, 0.25) is 11.8 Å². The molecule has 0 fully saturated rings. The Hall–Kier alpha value is -4.32. The van der Waals surface area contributed by atoms with Gasteiger partial charge in [0.1, 0.15) is 29.3 Å². The molecule has 9 nitrogen and oxygen atoms in total. The fourth-order valence-electron chi connectivity index (χ4n) is 4.79. The molecule has 0 aliphatic carbocycles. The van der Waals surface area contributed by atoms with Gasteiger partial charge in [0.25, 0.3) is 0 Å². The van der Waals surface area contributed by atoms with Crippen molar-refractivity contribution in [2.75, 3.05) is 6.54 Å². The lowest BCUT2D eigenvalue weighted by Gasteiger charge is -2.35. The number of benzene rings is 2. The van der Waals surface area contributed by atoms with Crippen LogP contribution in [0.4, 0.5) is 4.79 Å². The van der Waals surface area contributed by atoms with Crippen LogP contribution in [0, 0.1) is 18.3 Å². The average Bonchev–Trinajstić information content (AvgIpc) is 2.93. The number of likely N-dealkylation sites (N-methyl/N-ethyl adjacent to an activating group) is 1. The monoisotopic (exact) mass is 619 g/mol. The predicted octanol–water partition coefficient (Wildman–Crippen LogP) is 5.57. The van der Waals surface area contributed by atoms with Crippen LogP contribution in [-0.4, -0.2) is 58.6 Å². The molecule has 244 valence electrons. The number of alkyl carbamates (subject to hydrolysis) is 1. The molecule has 2 aromatic carbocycles. The average molecular weight is 620 g/mol. The third kappa shape index (κ3) is 11.9. The highest BCUT2D eigenvalue weighted by Gasteiger charge is 2.38. The Kier molecular flexibility index (Phi) is 13.2. The van der Waals surface area contributed by atoms with E-state index in [1.165, 1.54) is 4.90 Å². The molecule has 0 radical (unpaired) electrons. The van der Waals surface area contributed by atoms with Crippen LogP contribution >= 0.6 is 0 Å². The molecule has 2 rings (SSSR count). The number of carbonyl (C=O) groups excluding carboxylic acids is 4. The van der Waals surface area contributed by atoms with E-state index in [2.05, 4.69) is 16.6 Å². The number of rotatable bonds is 12. The van der Waals surface area contributed by atoms with Gasteiger partial charge in [0.05, 0.1) is 0 Å². The zero-order chi connectivity index (χ0) is 33.9. The van der Waals surface area contributed by atoms with Crippen molar-refractivity contribution in [2.45, 2.75) is 104 Å². The molecule has 2 N–H and O–H groups in total. The highest BCUT2D eigenvalue weighted by molar-refractivity contribution is 5.94. The van der Waals surface area contributed by atoms with Crippen LogP contribution in [0.15, 0.2) is 54.6 Å². The second-order valence-electron chi connectivity index (χ2n) is 13.4. The highest BCUT2D eigenvalue weighted by atomic mass is 16.6. The maximum Gasteiger partial charge on any atom is 0.408 e. The van der Waals surface area contributed by atoms with Gasteiger partial charge in [-0.05, 0) is 78.0 Å². The Bertz CT molecular complexity index is 1350. The van der Waals surface area contributed by atoms with Crippen LogP contribution in [-0.2, 0) is 30.3 Å². The van der Waals surface area contributed by atoms with E-state index in [0.29, 0.717) is 17.5 Å². The number of hydrogen-bond donors (Lipinski definition) is 2. The van der Waals surface area contributed by atoms with Crippen molar-refractivity contribution >= 4 is 23.9 Å². The molecule has 0 bridgehead atoms. The molecule has 0 aliphatic heterocycles. The smallest absolute Gasteiger partial charge is 0.408 e. The predicted molar refractivity (Wildman–Crippen MR) is 175 cm³/mol. The van der Waals surface area contributed by atoms with Gasteiger partial charge in [-0.25, -0.2) is 9.59 Å². The first-order valence-electron chi connectivity index (χ1n) is 15.4. The summed E-state index contributed by atoms with van der Waals surface area (Å²) in [5.74, 6) is 0.939. The number of ether oxygens (including phenoxy) is 2. The minimum atomic E-state index is -1.22. The van der Waals surface area contributed by atoms with Crippen molar-refractivity contribution in [3.63, 3.8) is 0 Å². The van der Waals surface area contributed by atoms with E-state index in [9.17, 15) is 19.2 Å². The molecular weight excluding hydrogens is 570 g/mol. The highest BCUT2D eigenvalue weighted by Crippen LogP contribution is 2.27. The van der Waals surface area contributed by atoms with Crippen LogP contribution in [0.3, 0.4) is 0 Å². The molecule has 3 atom stereocenters. The maximum absolute atomic E-state index is 14.3. The van der Waals surface area contributed by atoms with E-state index in [-0.39, 0.29) is 18.9 Å². The molecular formula is C36H49N3O6. The Morgan fingerprint density at radius 2 is 1.42 bits per heavy atom. The van der Waals surface area contributed by atoms with E-state index in [1.54, 1.807) is 72.7 Å². The summed E-state index contributed by atoms with van der Waals surface area (Å²) >= 11 is 0. The Labute approximate surface area is 268 Å². The number of terminal acetylenes is 1. The van der Waals surface area contributed by atoms with Gasteiger partial charge in [-0.2, -0.15) is 0 Å². The Morgan fingerprint density at radius 3 is 1.96 bits per heavy atom. The van der Waals surface area contributed by atoms with Crippen LogP contribution in [0.25, 0.3) is 0 Å². The molecule has 45 heavy (non-hydrogen) atoms. The Balaban J connectivity index is 2.59. The second kappa shape index (κ2) is 16.1. The molecule has 0 saturated heterocycles.